The van der Waals surface area contributed by atoms with Crippen LogP contribution in [-0.4, -0.2) is 130 Å². The molecule has 0 aliphatic heterocycles. The normalized spacial score (nSPS) is 14.6. The molecular weight excluding hydrogens is 376 g/mol. The third-order valence-corrected chi connectivity index (χ3v) is 2.51. The topological polar surface area (TPSA) is 236 Å². The third-order valence-electron chi connectivity index (χ3n) is 2.51. The van der Waals surface area contributed by atoms with Gasteiger partial charge in [-0.2, -0.15) is 0 Å². The second-order valence-corrected chi connectivity index (χ2v) is 4.46. The number of hydrogen-bond acceptors (Lipinski definition) is 12. The molecule has 0 saturated carbocycles. The van der Waals surface area contributed by atoms with Crippen LogP contribution in [0.2, 0.25) is 0 Å². The van der Waals surface area contributed by atoms with Crippen LogP contribution in [-0.2, 0) is 19.2 Å². The summed E-state index contributed by atoms with van der Waals surface area (Å²) in [5.74, 6) is -6.46. The van der Waals surface area contributed by atoms with E-state index >= 15 is 0 Å². The minimum Gasteiger partial charge on any atom is -0.542 e. The second kappa shape index (κ2) is 15.5. The van der Waals surface area contributed by atoms with E-state index in [0.717, 1.165) is 0 Å². The summed E-state index contributed by atoms with van der Waals surface area (Å²) in [5.41, 5.74) is 0. The molecule has 0 rings (SSSR count). The van der Waals surface area contributed by atoms with Gasteiger partial charge in [-0.3, -0.25) is 9.59 Å². The molecule has 0 radical (unpaired) electrons. The van der Waals surface area contributed by atoms with Gasteiger partial charge >= 0.3 is 37.7 Å². The SMILES string of the molecule is O=C([O-])C(=O)C[C@H](O)[C@H](O)CO.O=C([O-])C(=O)C[C@H](O)[C@H](O)CO.[Ca+2]. The van der Waals surface area contributed by atoms with Crippen molar-refractivity contribution in [1.82, 2.24) is 0 Å². The van der Waals surface area contributed by atoms with Gasteiger partial charge in [0.15, 0.2) is 11.6 Å². The Kier molecular flexibility index (Phi) is 18.1. The van der Waals surface area contributed by atoms with E-state index in [1.807, 2.05) is 0 Å². The maximum absolute atomic E-state index is 10.4. The molecule has 0 saturated heterocycles. The summed E-state index contributed by atoms with van der Waals surface area (Å²) in [6.07, 6.45) is -7.67. The Labute approximate surface area is 171 Å². The van der Waals surface area contributed by atoms with Crippen molar-refractivity contribution in [2.45, 2.75) is 37.3 Å². The van der Waals surface area contributed by atoms with Gasteiger partial charge in [0.1, 0.15) is 24.1 Å². The van der Waals surface area contributed by atoms with Gasteiger partial charge in [-0.05, 0) is 0 Å². The molecule has 12 nitrogen and oxygen atoms in total. The van der Waals surface area contributed by atoms with Crippen molar-refractivity contribution >= 4 is 61.2 Å². The fourth-order valence-corrected chi connectivity index (χ4v) is 1.06. The quantitative estimate of drug-likeness (QED) is 0.150. The first kappa shape index (κ1) is 29.1. The number of aliphatic hydroxyl groups is 6. The Hall–Kier alpha value is -0.700. The van der Waals surface area contributed by atoms with E-state index in [2.05, 4.69) is 0 Å². The molecule has 0 aliphatic rings. The van der Waals surface area contributed by atoms with Crippen LogP contribution >= 0.6 is 0 Å². The molecule has 0 amide bonds. The number of aliphatic carboxylic acids is 2. The van der Waals surface area contributed by atoms with Crippen molar-refractivity contribution in [3.05, 3.63) is 0 Å². The Balaban J connectivity index is -0.000000372. The van der Waals surface area contributed by atoms with E-state index in [-0.39, 0.29) is 37.7 Å². The number of carboxylic acids is 2. The van der Waals surface area contributed by atoms with Crippen LogP contribution in [0.25, 0.3) is 0 Å². The van der Waals surface area contributed by atoms with E-state index in [1.54, 1.807) is 0 Å². The summed E-state index contributed by atoms with van der Waals surface area (Å²) in [6, 6.07) is 0. The molecule has 0 bridgehead atoms. The molecule has 0 spiro atoms. The van der Waals surface area contributed by atoms with Gasteiger partial charge in [-0.25, -0.2) is 0 Å². The van der Waals surface area contributed by atoms with Crippen LogP contribution in [0.4, 0.5) is 0 Å². The van der Waals surface area contributed by atoms with E-state index in [1.165, 1.54) is 0 Å². The average molecular weight is 394 g/mol. The van der Waals surface area contributed by atoms with E-state index in [9.17, 15) is 29.4 Å². The Morgan fingerprint density at radius 3 is 1.04 bits per heavy atom. The number of hydrogen-bond donors (Lipinski definition) is 6. The Morgan fingerprint density at radius 2 is 0.880 bits per heavy atom. The second-order valence-electron chi connectivity index (χ2n) is 4.46. The van der Waals surface area contributed by atoms with E-state index in [0.29, 0.717) is 0 Å². The molecular formula is C12H18CaO12. The third kappa shape index (κ3) is 14.2. The average Bonchev–Trinajstić information content (AvgIpc) is 2.53. The maximum atomic E-state index is 10.4. The molecule has 13 heteroatoms. The first-order valence-corrected chi connectivity index (χ1v) is 6.40. The fraction of sp³-hybridized carbons (Fsp3) is 0.667. The van der Waals surface area contributed by atoms with Crippen LogP contribution in [0.3, 0.4) is 0 Å². The molecule has 0 aromatic heterocycles. The van der Waals surface area contributed by atoms with Crippen molar-refractivity contribution in [2.75, 3.05) is 13.2 Å². The Bertz CT molecular complexity index is 400. The summed E-state index contributed by atoms with van der Waals surface area (Å²) in [7, 11) is 0. The molecule has 0 aromatic carbocycles. The zero-order chi connectivity index (χ0) is 19.4. The van der Waals surface area contributed by atoms with Crippen LogP contribution in [0, 0.1) is 0 Å². The van der Waals surface area contributed by atoms with Gasteiger partial charge in [-0.1, -0.05) is 0 Å². The van der Waals surface area contributed by atoms with Gasteiger partial charge < -0.3 is 50.4 Å². The van der Waals surface area contributed by atoms with Crippen LogP contribution in [0.15, 0.2) is 0 Å². The number of ketones is 2. The number of rotatable bonds is 10. The molecule has 0 aliphatic carbocycles. The molecule has 0 unspecified atom stereocenters. The first-order valence-electron chi connectivity index (χ1n) is 6.40. The molecule has 4 atom stereocenters. The van der Waals surface area contributed by atoms with Crippen molar-refractivity contribution < 1.29 is 60.0 Å². The van der Waals surface area contributed by atoms with Crippen LogP contribution < -0.4 is 10.2 Å². The minimum atomic E-state index is -1.92. The largest absolute Gasteiger partial charge is 2.00 e. The molecule has 25 heavy (non-hydrogen) atoms. The summed E-state index contributed by atoms with van der Waals surface area (Å²) < 4.78 is 0. The number of carbonyl (C=O) groups is 4. The number of carboxylic acid groups (broad SMARTS) is 2. The number of carbonyl (C=O) groups excluding carboxylic acids is 4. The van der Waals surface area contributed by atoms with Crippen LogP contribution in [0.5, 0.6) is 0 Å². The Morgan fingerprint density at radius 1 is 0.640 bits per heavy atom. The fourth-order valence-electron chi connectivity index (χ4n) is 1.06. The number of Topliss-reactive ketones (excluding diaryl/α,β-unsaturated/α-hetero) is 2. The molecule has 0 aromatic rings. The predicted molar refractivity (Wildman–Crippen MR) is 73.2 cm³/mol. The van der Waals surface area contributed by atoms with Gasteiger partial charge in [0, 0.05) is 12.8 Å². The summed E-state index contributed by atoms with van der Waals surface area (Å²) in [6.45, 7) is -1.47. The van der Waals surface area contributed by atoms with Crippen molar-refractivity contribution in [3.8, 4) is 0 Å². The zero-order valence-corrected chi connectivity index (χ0v) is 15.2. The van der Waals surface area contributed by atoms with Crippen molar-refractivity contribution in [3.63, 3.8) is 0 Å². The van der Waals surface area contributed by atoms with Crippen molar-refractivity contribution in [2.24, 2.45) is 0 Å². The number of aliphatic hydroxyl groups excluding tert-OH is 6. The van der Waals surface area contributed by atoms with Crippen molar-refractivity contribution in [1.29, 1.82) is 0 Å². The van der Waals surface area contributed by atoms with Crippen LogP contribution in [0.1, 0.15) is 12.8 Å². The van der Waals surface area contributed by atoms with Gasteiger partial charge in [0.2, 0.25) is 0 Å². The van der Waals surface area contributed by atoms with E-state index < -0.39 is 74.0 Å². The monoisotopic (exact) mass is 394 g/mol. The summed E-state index contributed by atoms with van der Waals surface area (Å²) in [4.78, 5) is 40.4. The molecule has 140 valence electrons. The van der Waals surface area contributed by atoms with Gasteiger partial charge in [0.05, 0.1) is 25.4 Å². The zero-order valence-electron chi connectivity index (χ0n) is 13.0. The summed E-state index contributed by atoms with van der Waals surface area (Å²) in [5, 5.41) is 71.2. The smallest absolute Gasteiger partial charge is 0.542 e. The molecule has 6 N–H and O–H groups in total. The molecule has 0 heterocycles. The van der Waals surface area contributed by atoms with E-state index in [4.69, 9.17) is 30.6 Å². The maximum Gasteiger partial charge on any atom is 2.00 e. The first-order chi connectivity index (χ1) is 11.0. The van der Waals surface area contributed by atoms with Gasteiger partial charge in [-0.15, -0.1) is 0 Å². The minimum absolute atomic E-state index is 0. The standard InChI is InChI=1S/2C6H10O6.Ca/c2*7-2-5(10)3(8)1-4(9)6(11)12;/h2*3,5,7-8,10H,1-2H2,(H,11,12);/q;;+2/p-2/t2*3-,5+;/m00./s1. The van der Waals surface area contributed by atoms with Gasteiger partial charge in [0.25, 0.3) is 0 Å². The summed E-state index contributed by atoms with van der Waals surface area (Å²) >= 11 is 0. The predicted octanol–water partition coefficient (Wildman–Crippen LogP) is -7.56. The molecule has 0 fully saturated rings.